The molecule has 3 nitrogen and oxygen atoms in total. The Morgan fingerprint density at radius 2 is 2.40 bits per heavy atom. The maximum atomic E-state index is 5.82. The Labute approximate surface area is 95.5 Å². The van der Waals surface area contributed by atoms with Crippen LogP contribution in [0.5, 0.6) is 0 Å². The molecule has 15 heavy (non-hydrogen) atoms. The maximum absolute atomic E-state index is 5.82. The van der Waals surface area contributed by atoms with Gasteiger partial charge in [-0.3, -0.25) is 4.98 Å². The third-order valence-corrected chi connectivity index (χ3v) is 3.08. The normalized spacial score (nSPS) is 20.9. The van der Waals surface area contributed by atoms with Crippen molar-refractivity contribution >= 4 is 17.4 Å². The SMILES string of the molecule is CCCC1CCN(c2cncc(Cl)n2)C1. The fraction of sp³-hybridized carbons (Fsp3) is 0.636. The molecule has 0 aliphatic carbocycles. The van der Waals surface area contributed by atoms with Crippen LogP contribution < -0.4 is 4.90 Å². The predicted molar refractivity (Wildman–Crippen MR) is 62.3 cm³/mol. The Hall–Kier alpha value is -0.830. The molecule has 2 rings (SSSR count). The smallest absolute Gasteiger partial charge is 0.149 e. The number of nitrogens with zero attached hydrogens (tertiary/aromatic N) is 3. The van der Waals surface area contributed by atoms with E-state index in [4.69, 9.17) is 11.6 Å². The number of rotatable bonds is 3. The minimum absolute atomic E-state index is 0.478. The first-order valence-corrected chi connectivity index (χ1v) is 5.90. The molecule has 1 saturated heterocycles. The van der Waals surface area contributed by atoms with Crippen molar-refractivity contribution in [3.05, 3.63) is 17.5 Å². The highest BCUT2D eigenvalue weighted by atomic mass is 35.5. The Bertz CT molecular complexity index is 329. The van der Waals surface area contributed by atoms with Crippen LogP contribution in [0.4, 0.5) is 5.82 Å². The van der Waals surface area contributed by atoms with E-state index in [1.54, 1.807) is 12.4 Å². The van der Waals surface area contributed by atoms with E-state index in [2.05, 4.69) is 21.8 Å². The minimum Gasteiger partial charge on any atom is -0.355 e. The van der Waals surface area contributed by atoms with Gasteiger partial charge >= 0.3 is 0 Å². The van der Waals surface area contributed by atoms with Crippen LogP contribution in [0.2, 0.25) is 5.15 Å². The van der Waals surface area contributed by atoms with Gasteiger partial charge in [-0.1, -0.05) is 24.9 Å². The Kier molecular flexibility index (Phi) is 3.41. The molecule has 0 amide bonds. The minimum atomic E-state index is 0.478. The van der Waals surface area contributed by atoms with E-state index in [9.17, 15) is 0 Å². The molecule has 1 aromatic heterocycles. The van der Waals surface area contributed by atoms with Gasteiger partial charge in [-0.15, -0.1) is 0 Å². The van der Waals surface area contributed by atoms with Gasteiger partial charge in [-0.05, 0) is 18.8 Å². The quantitative estimate of drug-likeness (QED) is 0.792. The lowest BCUT2D eigenvalue weighted by molar-refractivity contribution is 0.529. The second-order valence-corrected chi connectivity index (χ2v) is 4.48. The largest absolute Gasteiger partial charge is 0.355 e. The van der Waals surface area contributed by atoms with Gasteiger partial charge < -0.3 is 4.90 Å². The van der Waals surface area contributed by atoms with Crippen LogP contribution in [0.1, 0.15) is 26.2 Å². The molecule has 1 aromatic rings. The van der Waals surface area contributed by atoms with Gasteiger partial charge in [0.1, 0.15) is 11.0 Å². The van der Waals surface area contributed by atoms with Gasteiger partial charge in [-0.25, -0.2) is 4.98 Å². The summed E-state index contributed by atoms with van der Waals surface area (Å²) < 4.78 is 0. The van der Waals surface area contributed by atoms with Crippen molar-refractivity contribution in [1.29, 1.82) is 0 Å². The average molecular weight is 226 g/mol. The van der Waals surface area contributed by atoms with E-state index < -0.39 is 0 Å². The standard InChI is InChI=1S/C11H16ClN3/c1-2-3-9-4-5-15(8-9)11-7-13-6-10(12)14-11/h6-7,9H,2-5,8H2,1H3. The van der Waals surface area contributed by atoms with Crippen LogP contribution in [-0.4, -0.2) is 23.1 Å². The fourth-order valence-corrected chi connectivity index (χ4v) is 2.31. The second-order valence-electron chi connectivity index (χ2n) is 4.09. The van der Waals surface area contributed by atoms with Crippen molar-refractivity contribution in [2.75, 3.05) is 18.0 Å². The van der Waals surface area contributed by atoms with Gasteiger partial charge in [0.25, 0.3) is 0 Å². The van der Waals surface area contributed by atoms with Crippen LogP contribution >= 0.6 is 11.6 Å². The summed E-state index contributed by atoms with van der Waals surface area (Å²) in [7, 11) is 0. The maximum Gasteiger partial charge on any atom is 0.149 e. The lowest BCUT2D eigenvalue weighted by Gasteiger charge is -2.16. The Balaban J connectivity index is 2.01. The molecule has 0 aromatic carbocycles. The number of halogens is 1. The van der Waals surface area contributed by atoms with Crippen molar-refractivity contribution in [1.82, 2.24) is 9.97 Å². The summed E-state index contributed by atoms with van der Waals surface area (Å²) in [6.45, 7) is 4.42. The summed E-state index contributed by atoms with van der Waals surface area (Å²) in [4.78, 5) is 10.6. The first-order valence-electron chi connectivity index (χ1n) is 5.52. The molecule has 82 valence electrons. The fourth-order valence-electron chi connectivity index (χ4n) is 2.17. The molecule has 0 N–H and O–H groups in total. The monoisotopic (exact) mass is 225 g/mol. The first-order chi connectivity index (χ1) is 7.29. The van der Waals surface area contributed by atoms with E-state index in [1.165, 1.54) is 19.3 Å². The molecule has 1 fully saturated rings. The third-order valence-electron chi connectivity index (χ3n) is 2.90. The van der Waals surface area contributed by atoms with E-state index >= 15 is 0 Å². The number of aromatic nitrogens is 2. The second kappa shape index (κ2) is 4.79. The summed E-state index contributed by atoms with van der Waals surface area (Å²) >= 11 is 5.82. The zero-order valence-corrected chi connectivity index (χ0v) is 9.74. The Morgan fingerprint density at radius 3 is 3.13 bits per heavy atom. The van der Waals surface area contributed by atoms with Crippen LogP contribution in [-0.2, 0) is 0 Å². The highest BCUT2D eigenvalue weighted by Gasteiger charge is 2.22. The lowest BCUT2D eigenvalue weighted by atomic mass is 10.0. The number of hydrogen-bond acceptors (Lipinski definition) is 3. The zero-order chi connectivity index (χ0) is 10.7. The summed E-state index contributed by atoms with van der Waals surface area (Å²) in [5, 5.41) is 0.478. The van der Waals surface area contributed by atoms with E-state index in [0.717, 1.165) is 24.8 Å². The first kappa shape index (κ1) is 10.7. The van der Waals surface area contributed by atoms with Crippen LogP contribution in [0.3, 0.4) is 0 Å². The third kappa shape index (κ3) is 2.59. The highest BCUT2D eigenvalue weighted by Crippen LogP contribution is 2.25. The van der Waals surface area contributed by atoms with Gasteiger partial charge in [0.05, 0.1) is 12.4 Å². The zero-order valence-electron chi connectivity index (χ0n) is 8.99. The van der Waals surface area contributed by atoms with Gasteiger partial charge in [0, 0.05) is 13.1 Å². The van der Waals surface area contributed by atoms with Crippen LogP contribution in [0.15, 0.2) is 12.4 Å². The summed E-state index contributed by atoms with van der Waals surface area (Å²) in [5.41, 5.74) is 0. The molecular formula is C11H16ClN3. The summed E-state index contributed by atoms with van der Waals surface area (Å²) in [6, 6.07) is 0. The molecule has 0 spiro atoms. The van der Waals surface area contributed by atoms with Gasteiger partial charge in [-0.2, -0.15) is 0 Å². The molecule has 0 radical (unpaired) electrons. The predicted octanol–water partition coefficient (Wildman–Crippen LogP) is 2.76. The number of hydrogen-bond donors (Lipinski definition) is 0. The molecule has 1 unspecified atom stereocenters. The van der Waals surface area contributed by atoms with Crippen LogP contribution in [0, 0.1) is 5.92 Å². The van der Waals surface area contributed by atoms with Crippen molar-refractivity contribution in [2.24, 2.45) is 5.92 Å². The van der Waals surface area contributed by atoms with Crippen molar-refractivity contribution in [2.45, 2.75) is 26.2 Å². The topological polar surface area (TPSA) is 29.0 Å². The Morgan fingerprint density at radius 1 is 1.53 bits per heavy atom. The van der Waals surface area contributed by atoms with Crippen LogP contribution in [0.25, 0.3) is 0 Å². The lowest BCUT2D eigenvalue weighted by Crippen LogP contribution is -2.20. The molecule has 1 aliphatic heterocycles. The van der Waals surface area contributed by atoms with E-state index in [-0.39, 0.29) is 0 Å². The van der Waals surface area contributed by atoms with Crippen molar-refractivity contribution in [3.8, 4) is 0 Å². The molecule has 1 aliphatic rings. The molecule has 0 bridgehead atoms. The highest BCUT2D eigenvalue weighted by molar-refractivity contribution is 6.29. The molecular weight excluding hydrogens is 210 g/mol. The molecule has 1 atom stereocenters. The molecule has 4 heteroatoms. The molecule has 0 saturated carbocycles. The van der Waals surface area contributed by atoms with E-state index in [1.807, 2.05) is 0 Å². The number of anilines is 1. The average Bonchev–Trinajstić information content (AvgIpc) is 2.67. The molecule has 2 heterocycles. The van der Waals surface area contributed by atoms with Gasteiger partial charge in [0.15, 0.2) is 0 Å². The van der Waals surface area contributed by atoms with Gasteiger partial charge in [0.2, 0.25) is 0 Å². The van der Waals surface area contributed by atoms with Crippen molar-refractivity contribution < 1.29 is 0 Å². The summed E-state index contributed by atoms with van der Waals surface area (Å²) in [6.07, 6.45) is 7.21. The summed E-state index contributed by atoms with van der Waals surface area (Å²) in [5.74, 6) is 1.73. The van der Waals surface area contributed by atoms with E-state index in [0.29, 0.717) is 5.15 Å². The van der Waals surface area contributed by atoms with Crippen molar-refractivity contribution in [3.63, 3.8) is 0 Å².